The number of benzene rings is 1. The number of halogens is 1. The first-order valence-corrected chi connectivity index (χ1v) is 14.0. The lowest BCUT2D eigenvalue weighted by Crippen LogP contribution is -2.48. The number of rotatable bonds is 8. The van der Waals surface area contributed by atoms with Crippen LogP contribution in [0.1, 0.15) is 89.0 Å². The van der Waals surface area contributed by atoms with Crippen LogP contribution < -0.4 is 21.3 Å². The summed E-state index contributed by atoms with van der Waals surface area (Å²) in [5.74, 6) is 0.943. The van der Waals surface area contributed by atoms with Crippen LogP contribution in [0.3, 0.4) is 0 Å². The number of amides is 1. The van der Waals surface area contributed by atoms with Gasteiger partial charge in [-0.3, -0.25) is 14.6 Å². The van der Waals surface area contributed by atoms with Gasteiger partial charge in [0.1, 0.15) is 11.1 Å². The summed E-state index contributed by atoms with van der Waals surface area (Å²) in [6.07, 6.45) is 14.5. The fraction of sp³-hybridized carbons (Fsp3) is 0.607. The fourth-order valence-electron chi connectivity index (χ4n) is 6.07. The smallest absolute Gasteiger partial charge is 0.274 e. The molecule has 1 aromatic heterocycles. The minimum absolute atomic E-state index is 0.232. The second kappa shape index (κ2) is 11.2. The van der Waals surface area contributed by atoms with E-state index in [0.717, 1.165) is 24.1 Å². The normalized spacial score (nSPS) is 18.2. The van der Waals surface area contributed by atoms with Crippen molar-refractivity contribution in [3.8, 4) is 5.75 Å². The third-order valence-electron chi connectivity index (χ3n) is 8.02. The van der Waals surface area contributed by atoms with Crippen LogP contribution in [0, 0.1) is 0 Å². The molecule has 0 radical (unpaired) electrons. The summed E-state index contributed by atoms with van der Waals surface area (Å²) < 4.78 is 7.77. The van der Waals surface area contributed by atoms with Crippen LogP contribution in [-0.4, -0.2) is 39.0 Å². The molecule has 1 amide bonds. The summed E-state index contributed by atoms with van der Waals surface area (Å²) >= 11 is 6.46. The van der Waals surface area contributed by atoms with E-state index in [1.165, 1.54) is 64.2 Å². The number of carbonyl (C=O) groups excluding carboxylic acids is 1. The Kier molecular flexibility index (Phi) is 7.85. The highest BCUT2D eigenvalue weighted by atomic mass is 35.5. The monoisotopic (exact) mass is 512 g/mol. The molecule has 194 valence electrons. The highest BCUT2D eigenvalue weighted by Gasteiger charge is 2.31. The predicted molar refractivity (Wildman–Crippen MR) is 142 cm³/mol. The molecule has 2 heterocycles. The zero-order chi connectivity index (χ0) is 25.1. The molecule has 1 aromatic carbocycles. The summed E-state index contributed by atoms with van der Waals surface area (Å²) in [7, 11) is 0. The van der Waals surface area contributed by atoms with E-state index in [9.17, 15) is 9.59 Å². The van der Waals surface area contributed by atoms with Gasteiger partial charge in [-0.1, -0.05) is 56.7 Å². The first kappa shape index (κ1) is 25.1. The van der Waals surface area contributed by atoms with E-state index in [1.807, 2.05) is 6.07 Å². The van der Waals surface area contributed by atoms with Crippen LogP contribution in [0.4, 0.5) is 5.69 Å². The van der Waals surface area contributed by atoms with E-state index >= 15 is 0 Å². The summed E-state index contributed by atoms with van der Waals surface area (Å²) in [5, 5.41) is 0.878. The molecule has 3 aliphatic rings. The van der Waals surface area contributed by atoms with Crippen LogP contribution in [0.2, 0.25) is 5.02 Å². The molecule has 5 rings (SSSR count). The maximum Gasteiger partial charge on any atom is 0.274 e. The molecule has 2 aliphatic carbocycles. The topological polar surface area (TPSA) is 79.7 Å². The second-order valence-corrected chi connectivity index (χ2v) is 10.9. The number of imidazole rings is 1. The first-order valence-electron chi connectivity index (χ1n) is 13.6. The van der Waals surface area contributed by atoms with Crippen LogP contribution in [-0.2, 0) is 11.3 Å². The van der Waals surface area contributed by atoms with Crippen LogP contribution >= 0.6 is 11.6 Å². The molecule has 0 saturated heterocycles. The maximum absolute atomic E-state index is 13.3. The van der Waals surface area contributed by atoms with Crippen LogP contribution in [0.5, 0.6) is 5.75 Å². The van der Waals surface area contributed by atoms with E-state index in [1.54, 1.807) is 10.6 Å². The summed E-state index contributed by atoms with van der Waals surface area (Å²) in [6.45, 7) is 4.83. The van der Waals surface area contributed by atoms with Gasteiger partial charge in [-0.15, -0.1) is 0 Å². The predicted octanol–water partition coefficient (Wildman–Crippen LogP) is 4.60. The Labute approximate surface area is 217 Å². The lowest BCUT2D eigenvalue weighted by Gasteiger charge is -2.42. The number of nitrogens with zero attached hydrogens (tertiary/aromatic N) is 3. The third-order valence-corrected chi connectivity index (χ3v) is 8.32. The van der Waals surface area contributed by atoms with Gasteiger partial charge in [-0.05, 0) is 50.7 Å². The number of fused-ring (bicyclic) bond motifs is 2. The quantitative estimate of drug-likeness (QED) is 0.448. The van der Waals surface area contributed by atoms with Gasteiger partial charge in [0.2, 0.25) is 11.5 Å². The van der Waals surface area contributed by atoms with Crippen LogP contribution in [0.25, 0.3) is 6.58 Å². The van der Waals surface area contributed by atoms with Gasteiger partial charge in [0, 0.05) is 24.1 Å². The maximum atomic E-state index is 13.3. The largest absolute Gasteiger partial charge is 0.492 e. The van der Waals surface area contributed by atoms with Crippen molar-refractivity contribution in [1.29, 1.82) is 0 Å². The van der Waals surface area contributed by atoms with Crippen molar-refractivity contribution in [3.63, 3.8) is 0 Å². The number of carbonyl (C=O) groups is 1. The first-order chi connectivity index (χ1) is 17.5. The highest BCUT2D eigenvalue weighted by Crippen LogP contribution is 2.34. The number of aromatic nitrogens is 2. The Balaban J connectivity index is 1.15. The number of unbranched alkanes of at least 4 members (excludes halogenated alkanes) is 1. The van der Waals surface area contributed by atoms with Gasteiger partial charge >= 0.3 is 0 Å². The average Bonchev–Trinajstić information content (AvgIpc) is 3.16. The van der Waals surface area contributed by atoms with Gasteiger partial charge in [0.05, 0.1) is 23.9 Å². The summed E-state index contributed by atoms with van der Waals surface area (Å²) in [5.41, 5.74) is 1.91. The number of aromatic amines is 1. The van der Waals surface area contributed by atoms with E-state index in [2.05, 4.69) is 21.5 Å². The molecule has 7 nitrogen and oxygen atoms in total. The molecule has 0 bridgehead atoms. The van der Waals surface area contributed by atoms with Crippen LogP contribution in [0.15, 0.2) is 21.9 Å². The highest BCUT2D eigenvalue weighted by molar-refractivity contribution is 6.32. The van der Waals surface area contributed by atoms with E-state index < -0.39 is 0 Å². The number of ether oxygens (including phenoxy) is 1. The molecule has 0 unspecified atom stereocenters. The molecule has 8 heteroatoms. The molecule has 0 atom stereocenters. The number of nitrogens with one attached hydrogen (secondary N) is 1. The molecule has 2 aromatic rings. The summed E-state index contributed by atoms with van der Waals surface area (Å²) in [6, 6.07) is 4.56. The van der Waals surface area contributed by atoms with Crippen molar-refractivity contribution < 1.29 is 9.53 Å². The Hall–Kier alpha value is -2.54. The molecule has 1 N–H and O–H groups in total. The molecule has 1 aliphatic heterocycles. The van der Waals surface area contributed by atoms with Gasteiger partial charge in [-0.2, -0.15) is 0 Å². The molecular formula is C28H37ClN4O3. The number of H-pyrrole nitrogens is 1. The van der Waals surface area contributed by atoms with E-state index in [-0.39, 0.29) is 5.56 Å². The van der Waals surface area contributed by atoms with Gasteiger partial charge in [0.25, 0.3) is 5.56 Å². The third kappa shape index (κ3) is 5.41. The van der Waals surface area contributed by atoms with Crippen molar-refractivity contribution in [2.24, 2.45) is 4.99 Å². The summed E-state index contributed by atoms with van der Waals surface area (Å²) in [4.78, 5) is 34.8. The molecule has 2 saturated carbocycles. The Morgan fingerprint density at radius 2 is 1.75 bits per heavy atom. The van der Waals surface area contributed by atoms with Crippen molar-refractivity contribution in [3.05, 3.63) is 44.0 Å². The Morgan fingerprint density at radius 1 is 1.08 bits per heavy atom. The average molecular weight is 513 g/mol. The molecular weight excluding hydrogens is 476 g/mol. The van der Waals surface area contributed by atoms with Gasteiger partial charge in [-0.25, -0.2) is 4.99 Å². The van der Waals surface area contributed by atoms with Gasteiger partial charge < -0.3 is 14.2 Å². The van der Waals surface area contributed by atoms with Gasteiger partial charge in [0.15, 0.2) is 0 Å². The van der Waals surface area contributed by atoms with Crippen molar-refractivity contribution >= 4 is 29.8 Å². The SMILES string of the molecule is C=c1c(=O)[nH]c2n1Cc1cc(OCCCCC(=O)N(C3CCCCC3)C3CCCCC3)c(Cl)cc1N=2. The fourth-order valence-corrected chi connectivity index (χ4v) is 6.29. The number of hydrogen-bond acceptors (Lipinski definition) is 4. The number of hydrogen-bond donors (Lipinski definition) is 1. The zero-order valence-electron chi connectivity index (χ0n) is 21.1. The minimum Gasteiger partial charge on any atom is -0.492 e. The standard InChI is InChI=1S/C28H37ClN4O3/c1-19-27(35)31-28-30-24-17-23(29)25(16-20(24)18-32(19)28)36-15-9-8-14-26(34)33(21-10-4-2-5-11-21)22-12-6-3-7-13-22/h16-17,21-22H,1-15,18H2,(H,30,31,35). The van der Waals surface area contributed by atoms with E-state index in [4.69, 9.17) is 16.3 Å². The Bertz CT molecular complexity index is 1240. The lowest BCUT2D eigenvalue weighted by atomic mass is 9.88. The van der Waals surface area contributed by atoms with E-state index in [0.29, 0.717) is 59.3 Å². The van der Waals surface area contributed by atoms with Crippen molar-refractivity contribution in [2.45, 2.75) is 102 Å². The molecule has 2 fully saturated rings. The lowest BCUT2D eigenvalue weighted by molar-refractivity contribution is -0.138. The zero-order valence-corrected chi connectivity index (χ0v) is 21.8. The molecule has 36 heavy (non-hydrogen) atoms. The van der Waals surface area contributed by atoms with Crippen molar-refractivity contribution in [1.82, 2.24) is 14.5 Å². The van der Waals surface area contributed by atoms with Crippen molar-refractivity contribution in [2.75, 3.05) is 6.61 Å². The molecule has 0 spiro atoms. The Morgan fingerprint density at radius 3 is 2.42 bits per heavy atom. The minimum atomic E-state index is -0.232. The second-order valence-electron chi connectivity index (χ2n) is 10.5.